The van der Waals surface area contributed by atoms with E-state index in [4.69, 9.17) is 14.2 Å². The van der Waals surface area contributed by atoms with Gasteiger partial charge in [-0.1, -0.05) is 13.8 Å². The molecule has 4 rings (SSSR count). The molecule has 10 nitrogen and oxygen atoms in total. The van der Waals surface area contributed by atoms with E-state index in [-0.39, 0.29) is 53.9 Å². The summed E-state index contributed by atoms with van der Waals surface area (Å²) in [6.45, 7) is 4.97. The summed E-state index contributed by atoms with van der Waals surface area (Å²) in [7, 11) is 3.05. The van der Waals surface area contributed by atoms with Crippen molar-refractivity contribution < 1.29 is 33.4 Å². The zero-order valence-electron chi connectivity index (χ0n) is 20.5. The van der Waals surface area contributed by atoms with Crippen LogP contribution in [0.4, 0.5) is 0 Å². The van der Waals surface area contributed by atoms with Gasteiger partial charge in [-0.05, 0) is 42.2 Å². The predicted octanol–water partition coefficient (Wildman–Crippen LogP) is 0.776. The minimum Gasteiger partial charge on any atom is -0.493 e. The summed E-state index contributed by atoms with van der Waals surface area (Å²) in [5, 5.41) is 5.53. The molecular formula is C25H33N3O7. The van der Waals surface area contributed by atoms with Crippen molar-refractivity contribution in [2.75, 3.05) is 33.9 Å². The molecule has 35 heavy (non-hydrogen) atoms. The van der Waals surface area contributed by atoms with Gasteiger partial charge in [-0.2, -0.15) is 0 Å². The lowest BCUT2D eigenvalue weighted by Gasteiger charge is -2.31. The Morgan fingerprint density at radius 1 is 1.26 bits per heavy atom. The Labute approximate surface area is 204 Å². The maximum Gasteiger partial charge on any atom is 0.261 e. The molecule has 3 fully saturated rings. The van der Waals surface area contributed by atoms with Gasteiger partial charge in [0.15, 0.2) is 18.1 Å². The highest BCUT2D eigenvalue weighted by molar-refractivity contribution is 5.91. The fourth-order valence-electron chi connectivity index (χ4n) is 5.57. The van der Waals surface area contributed by atoms with Gasteiger partial charge in [0.2, 0.25) is 11.8 Å². The van der Waals surface area contributed by atoms with Gasteiger partial charge < -0.3 is 34.5 Å². The standard InChI is InChI=1S/C25H33N3O7/c1-25(2)17-11-28(20(30)13-35-16-5-6-18(33-3)19(10-16)34-4)22(21(17)25)24(32)27-15(12-29)9-14-7-8-26-23(14)31/h5-6,10,12,14-15,17,21-22H,7-9,11,13H2,1-4H3,(H,26,31)(H,27,32)/t14-,15-,17-,21-,22?/m0/s1. The van der Waals surface area contributed by atoms with Crippen molar-refractivity contribution in [2.24, 2.45) is 23.2 Å². The van der Waals surface area contributed by atoms with E-state index in [2.05, 4.69) is 24.5 Å². The Hall–Kier alpha value is -3.30. The van der Waals surface area contributed by atoms with E-state index in [1.807, 2.05) is 0 Å². The van der Waals surface area contributed by atoms with E-state index in [9.17, 15) is 19.2 Å². The molecule has 10 heteroatoms. The highest BCUT2D eigenvalue weighted by Gasteiger charge is 2.69. The molecule has 2 N–H and O–H groups in total. The smallest absolute Gasteiger partial charge is 0.261 e. The topological polar surface area (TPSA) is 123 Å². The third-order valence-corrected chi connectivity index (χ3v) is 7.71. The summed E-state index contributed by atoms with van der Waals surface area (Å²) in [4.78, 5) is 51.5. The van der Waals surface area contributed by atoms with Crippen molar-refractivity contribution in [2.45, 2.75) is 38.8 Å². The molecule has 0 bridgehead atoms. The molecule has 1 aromatic carbocycles. The van der Waals surface area contributed by atoms with Crippen LogP contribution in [0.15, 0.2) is 18.2 Å². The minimum absolute atomic E-state index is 0.00890. The number of methoxy groups -OCH3 is 2. The maximum absolute atomic E-state index is 13.3. The zero-order chi connectivity index (χ0) is 25.3. The number of hydrogen-bond donors (Lipinski definition) is 2. The van der Waals surface area contributed by atoms with Crippen molar-refractivity contribution in [3.8, 4) is 17.2 Å². The fourth-order valence-corrected chi connectivity index (χ4v) is 5.57. The Balaban J connectivity index is 1.41. The number of amides is 3. The monoisotopic (exact) mass is 487 g/mol. The second-order valence-corrected chi connectivity index (χ2v) is 10.0. The maximum atomic E-state index is 13.3. The molecule has 3 amide bonds. The zero-order valence-corrected chi connectivity index (χ0v) is 20.5. The normalized spacial score (nSPS) is 26.9. The number of carbonyl (C=O) groups excluding carboxylic acids is 4. The van der Waals surface area contributed by atoms with Gasteiger partial charge in [-0.3, -0.25) is 14.4 Å². The van der Waals surface area contributed by atoms with Crippen molar-refractivity contribution in [1.29, 1.82) is 0 Å². The molecule has 3 aliphatic rings. The lowest BCUT2D eigenvalue weighted by molar-refractivity contribution is -0.142. The molecule has 2 heterocycles. The van der Waals surface area contributed by atoms with Gasteiger partial charge in [-0.15, -0.1) is 0 Å². The highest BCUT2D eigenvalue weighted by Crippen LogP contribution is 2.64. The molecule has 0 radical (unpaired) electrons. The van der Waals surface area contributed by atoms with Crippen LogP contribution in [0.2, 0.25) is 0 Å². The molecule has 2 saturated heterocycles. The van der Waals surface area contributed by atoms with Crippen molar-refractivity contribution in [3.05, 3.63) is 18.2 Å². The Bertz CT molecular complexity index is 1010. The first-order chi connectivity index (χ1) is 16.7. The van der Waals surface area contributed by atoms with Crippen LogP contribution in [0.1, 0.15) is 26.7 Å². The van der Waals surface area contributed by atoms with E-state index in [0.717, 1.165) is 0 Å². The van der Waals surface area contributed by atoms with Gasteiger partial charge in [0.25, 0.3) is 5.91 Å². The van der Waals surface area contributed by atoms with Crippen molar-refractivity contribution in [3.63, 3.8) is 0 Å². The Morgan fingerprint density at radius 2 is 2.00 bits per heavy atom. The average Bonchev–Trinajstić information content (AvgIpc) is 3.21. The molecule has 0 aromatic heterocycles. The van der Waals surface area contributed by atoms with Crippen LogP contribution in [-0.4, -0.2) is 74.9 Å². The molecule has 190 valence electrons. The van der Waals surface area contributed by atoms with Crippen LogP contribution < -0.4 is 24.8 Å². The number of benzene rings is 1. The highest BCUT2D eigenvalue weighted by atomic mass is 16.5. The van der Waals surface area contributed by atoms with Crippen LogP contribution in [0.25, 0.3) is 0 Å². The summed E-state index contributed by atoms with van der Waals surface area (Å²) in [6.07, 6.45) is 1.56. The van der Waals surface area contributed by atoms with Gasteiger partial charge in [0.1, 0.15) is 18.1 Å². The number of nitrogens with zero attached hydrogens (tertiary/aromatic N) is 1. The van der Waals surface area contributed by atoms with E-state index < -0.39 is 12.1 Å². The van der Waals surface area contributed by atoms with Crippen LogP contribution >= 0.6 is 0 Å². The number of nitrogens with one attached hydrogen (secondary N) is 2. The molecule has 0 spiro atoms. The molecule has 5 atom stereocenters. The average molecular weight is 488 g/mol. The first kappa shape index (κ1) is 24.8. The van der Waals surface area contributed by atoms with E-state index >= 15 is 0 Å². The van der Waals surface area contributed by atoms with E-state index in [1.54, 1.807) is 23.1 Å². The second-order valence-electron chi connectivity index (χ2n) is 10.0. The van der Waals surface area contributed by atoms with E-state index in [1.165, 1.54) is 14.2 Å². The van der Waals surface area contributed by atoms with Crippen LogP contribution in [0.5, 0.6) is 17.2 Å². The molecular weight excluding hydrogens is 454 g/mol. The van der Waals surface area contributed by atoms with Crippen molar-refractivity contribution >= 4 is 24.0 Å². The minimum atomic E-state index is -0.780. The van der Waals surface area contributed by atoms with Gasteiger partial charge in [0, 0.05) is 25.1 Å². The quantitative estimate of drug-likeness (QED) is 0.468. The summed E-state index contributed by atoms with van der Waals surface area (Å²) in [6, 6.07) is 3.53. The van der Waals surface area contributed by atoms with Gasteiger partial charge in [0.05, 0.1) is 20.3 Å². The first-order valence-corrected chi connectivity index (χ1v) is 11.9. The number of piperidine rings is 1. The molecule has 1 unspecified atom stereocenters. The second kappa shape index (κ2) is 9.75. The summed E-state index contributed by atoms with van der Waals surface area (Å²) < 4.78 is 16.2. The van der Waals surface area contributed by atoms with E-state index in [0.29, 0.717) is 43.0 Å². The van der Waals surface area contributed by atoms with Gasteiger partial charge >= 0.3 is 0 Å². The number of likely N-dealkylation sites (tertiary alicyclic amines) is 1. The fraction of sp³-hybridized carbons (Fsp3) is 0.600. The number of aldehydes is 1. The predicted molar refractivity (Wildman–Crippen MR) is 125 cm³/mol. The summed E-state index contributed by atoms with van der Waals surface area (Å²) >= 11 is 0. The number of ether oxygens (including phenoxy) is 3. The Kier molecular flexibility index (Phi) is 6.91. The first-order valence-electron chi connectivity index (χ1n) is 11.9. The largest absolute Gasteiger partial charge is 0.493 e. The number of hydrogen-bond acceptors (Lipinski definition) is 7. The summed E-state index contributed by atoms with van der Waals surface area (Å²) in [5.41, 5.74) is -0.0645. The van der Waals surface area contributed by atoms with Crippen molar-refractivity contribution in [1.82, 2.24) is 15.5 Å². The third-order valence-electron chi connectivity index (χ3n) is 7.71. The lowest BCUT2D eigenvalue weighted by Crippen LogP contribution is -2.53. The number of rotatable bonds is 10. The van der Waals surface area contributed by atoms with Crippen LogP contribution in [-0.2, 0) is 19.2 Å². The number of carbonyl (C=O) groups is 4. The molecule has 2 aliphatic heterocycles. The van der Waals surface area contributed by atoms with Crippen LogP contribution in [0.3, 0.4) is 0 Å². The lowest BCUT2D eigenvalue weighted by atomic mass is 9.97. The third kappa shape index (κ3) is 4.78. The van der Waals surface area contributed by atoms with Gasteiger partial charge in [-0.25, -0.2) is 0 Å². The van der Waals surface area contributed by atoms with Crippen LogP contribution in [0, 0.1) is 23.2 Å². The number of fused-ring (bicyclic) bond motifs is 1. The molecule has 1 saturated carbocycles. The summed E-state index contributed by atoms with van der Waals surface area (Å²) in [5.74, 6) is 0.620. The molecule has 1 aliphatic carbocycles. The molecule has 1 aromatic rings. The Morgan fingerprint density at radius 3 is 2.63 bits per heavy atom. The SMILES string of the molecule is COc1ccc(OCC(=O)N2C[C@H]3[C@@H](C2C(=O)N[C@H](C=O)C[C@@H]2CCNC2=O)C3(C)C)cc1OC.